The van der Waals surface area contributed by atoms with Crippen LogP contribution in [0.15, 0.2) is 65.6 Å². The predicted octanol–water partition coefficient (Wildman–Crippen LogP) is 5.46. The molecule has 2 heterocycles. The second-order valence-electron chi connectivity index (χ2n) is 7.24. The van der Waals surface area contributed by atoms with Crippen LogP contribution in [0.25, 0.3) is 0 Å². The van der Waals surface area contributed by atoms with E-state index in [1.807, 2.05) is 24.3 Å². The average molecular weight is 454 g/mol. The van der Waals surface area contributed by atoms with Crippen LogP contribution < -0.4 is 15.5 Å². The van der Waals surface area contributed by atoms with Gasteiger partial charge in [-0.3, -0.25) is 9.69 Å². The maximum Gasteiger partial charge on any atom is 0.326 e. The van der Waals surface area contributed by atoms with E-state index < -0.39 is 11.9 Å². The van der Waals surface area contributed by atoms with Gasteiger partial charge in [-0.15, -0.1) is 11.8 Å². The van der Waals surface area contributed by atoms with Crippen LogP contribution in [-0.2, 0) is 0 Å². The Morgan fingerprint density at radius 3 is 2.87 bits per heavy atom. The van der Waals surface area contributed by atoms with Crippen LogP contribution in [0.5, 0.6) is 0 Å². The van der Waals surface area contributed by atoms with E-state index in [-0.39, 0.29) is 11.9 Å². The summed E-state index contributed by atoms with van der Waals surface area (Å²) < 4.78 is 13.9. The lowest BCUT2D eigenvalue weighted by Gasteiger charge is -2.29. The first-order valence-electron chi connectivity index (χ1n) is 9.72. The third kappa shape index (κ3) is 3.54. The van der Waals surface area contributed by atoms with Gasteiger partial charge in [-0.2, -0.15) is 0 Å². The fraction of sp³-hybridized carbons (Fsp3) is 0.130. The summed E-state index contributed by atoms with van der Waals surface area (Å²) in [4.78, 5) is 28.5. The Labute approximate surface area is 187 Å². The summed E-state index contributed by atoms with van der Waals surface area (Å²) in [6.07, 6.45) is 0. The highest BCUT2D eigenvalue weighted by Crippen LogP contribution is 2.40. The molecule has 0 spiro atoms. The summed E-state index contributed by atoms with van der Waals surface area (Å²) in [6.45, 7) is 0.568. The van der Waals surface area contributed by atoms with Crippen LogP contribution >= 0.6 is 23.4 Å². The Bertz CT molecular complexity index is 1220. The van der Waals surface area contributed by atoms with Crippen LogP contribution in [0.1, 0.15) is 27.5 Å². The van der Waals surface area contributed by atoms with Crippen LogP contribution in [0, 0.1) is 5.82 Å². The Hall–Kier alpha value is -3.03. The quantitative estimate of drug-likeness (QED) is 0.542. The van der Waals surface area contributed by atoms with Crippen LogP contribution in [0.2, 0.25) is 5.02 Å². The first-order valence-corrected chi connectivity index (χ1v) is 11.1. The first-order chi connectivity index (χ1) is 15.0. The molecule has 31 heavy (non-hydrogen) atoms. The van der Waals surface area contributed by atoms with Gasteiger partial charge in [0.2, 0.25) is 0 Å². The highest BCUT2D eigenvalue weighted by Gasteiger charge is 2.34. The Balaban J connectivity index is 1.52. The molecule has 0 aromatic heterocycles. The van der Waals surface area contributed by atoms with Crippen molar-refractivity contribution < 1.29 is 14.0 Å². The molecule has 5 nitrogen and oxygen atoms in total. The molecule has 0 radical (unpaired) electrons. The van der Waals surface area contributed by atoms with E-state index >= 15 is 0 Å². The van der Waals surface area contributed by atoms with Crippen molar-refractivity contribution in [3.05, 3.63) is 88.2 Å². The molecular weight excluding hydrogens is 437 g/mol. The number of rotatable bonds is 2. The number of carbonyl (C=O) groups excluding carboxylic acids is 2. The van der Waals surface area contributed by atoms with E-state index in [0.717, 1.165) is 16.3 Å². The monoisotopic (exact) mass is 453 g/mol. The lowest BCUT2D eigenvalue weighted by atomic mass is 9.96. The molecule has 1 atom stereocenters. The SMILES string of the molecule is O=C1NC(c2cc(F)ccc2Cl)c2c(NC(=O)N3CCSc4ccccc43)cccc21. The van der Waals surface area contributed by atoms with Gasteiger partial charge in [-0.05, 0) is 42.5 Å². The van der Waals surface area contributed by atoms with Gasteiger partial charge in [-0.1, -0.05) is 29.8 Å². The number of hydrogen-bond donors (Lipinski definition) is 2. The maximum absolute atomic E-state index is 13.9. The number of urea groups is 1. The number of fused-ring (bicyclic) bond motifs is 2. The van der Waals surface area contributed by atoms with Gasteiger partial charge in [0.25, 0.3) is 5.91 Å². The number of thioether (sulfide) groups is 1. The molecule has 1 unspecified atom stereocenters. The van der Waals surface area contributed by atoms with Crippen LogP contribution in [-0.4, -0.2) is 24.2 Å². The zero-order valence-corrected chi connectivity index (χ0v) is 17.8. The van der Waals surface area contributed by atoms with Gasteiger partial charge in [-0.25, -0.2) is 9.18 Å². The molecular formula is C23H17ClFN3O2S. The Morgan fingerprint density at radius 2 is 2.00 bits per heavy atom. The highest BCUT2D eigenvalue weighted by atomic mass is 35.5. The van der Waals surface area contributed by atoms with E-state index in [9.17, 15) is 14.0 Å². The maximum atomic E-state index is 13.9. The van der Waals surface area contributed by atoms with Crippen LogP contribution in [0.3, 0.4) is 0 Å². The molecule has 2 aliphatic rings. The molecule has 156 valence electrons. The van der Waals surface area contributed by atoms with Gasteiger partial charge in [0.1, 0.15) is 5.82 Å². The standard InChI is InChI=1S/C23H17ClFN3O2S/c24-16-9-8-13(25)12-15(16)21-20-14(22(29)27-21)4-3-5-17(20)26-23(30)28-10-11-31-19-7-2-1-6-18(19)28/h1-9,12,21H,10-11H2,(H,26,30)(H,27,29). The molecule has 2 N–H and O–H groups in total. The molecule has 5 rings (SSSR count). The van der Waals surface area contributed by atoms with Gasteiger partial charge in [0, 0.05) is 44.6 Å². The second kappa shape index (κ2) is 7.90. The van der Waals surface area contributed by atoms with Gasteiger partial charge in [0.15, 0.2) is 0 Å². The Morgan fingerprint density at radius 1 is 1.16 bits per heavy atom. The number of benzene rings is 3. The minimum Gasteiger partial charge on any atom is -0.341 e. The summed E-state index contributed by atoms with van der Waals surface area (Å²) in [7, 11) is 0. The van der Waals surface area contributed by atoms with Crippen molar-refractivity contribution in [2.75, 3.05) is 22.5 Å². The fourth-order valence-electron chi connectivity index (χ4n) is 4.00. The predicted molar refractivity (Wildman–Crippen MR) is 121 cm³/mol. The number of nitrogens with zero attached hydrogens (tertiary/aromatic N) is 1. The molecule has 0 fully saturated rings. The number of nitrogens with one attached hydrogen (secondary N) is 2. The molecule has 8 heteroatoms. The van der Waals surface area contributed by atoms with Gasteiger partial charge >= 0.3 is 6.03 Å². The number of carbonyl (C=O) groups is 2. The minimum atomic E-state index is -0.661. The van der Waals surface area contributed by atoms with Crippen molar-refractivity contribution in [2.24, 2.45) is 0 Å². The van der Waals surface area contributed by atoms with Crippen molar-refractivity contribution >= 4 is 46.7 Å². The highest BCUT2D eigenvalue weighted by molar-refractivity contribution is 7.99. The summed E-state index contributed by atoms with van der Waals surface area (Å²) in [5, 5.41) is 6.15. The number of halogens is 2. The summed E-state index contributed by atoms with van der Waals surface area (Å²) in [5.41, 5.74) is 2.78. The smallest absolute Gasteiger partial charge is 0.326 e. The third-order valence-corrected chi connectivity index (χ3v) is 6.79. The average Bonchev–Trinajstić information content (AvgIpc) is 3.12. The topological polar surface area (TPSA) is 61.4 Å². The van der Waals surface area contributed by atoms with E-state index in [4.69, 9.17) is 11.6 Å². The molecule has 0 saturated heterocycles. The number of hydrogen-bond acceptors (Lipinski definition) is 3. The molecule has 0 saturated carbocycles. The molecule has 2 aliphatic heterocycles. The normalized spacial score (nSPS) is 17.0. The molecule has 3 amide bonds. The van der Waals surface area contributed by atoms with Gasteiger partial charge in [0.05, 0.1) is 11.7 Å². The number of para-hydroxylation sites is 1. The van der Waals surface area contributed by atoms with Crippen molar-refractivity contribution in [3.8, 4) is 0 Å². The summed E-state index contributed by atoms with van der Waals surface area (Å²) in [5.74, 6) is 0.0426. The molecule has 0 aliphatic carbocycles. The van der Waals surface area contributed by atoms with E-state index in [1.165, 1.54) is 18.2 Å². The number of anilines is 2. The van der Waals surface area contributed by atoms with Crippen molar-refractivity contribution in [1.29, 1.82) is 0 Å². The zero-order chi connectivity index (χ0) is 21.5. The summed E-state index contributed by atoms with van der Waals surface area (Å²) >= 11 is 8.02. The van der Waals surface area contributed by atoms with E-state index in [1.54, 1.807) is 34.9 Å². The first kappa shape index (κ1) is 19.9. The fourth-order valence-corrected chi connectivity index (χ4v) is 5.22. The summed E-state index contributed by atoms with van der Waals surface area (Å²) in [6, 6.07) is 16.0. The van der Waals surface area contributed by atoms with Crippen molar-refractivity contribution in [3.63, 3.8) is 0 Å². The van der Waals surface area contributed by atoms with Crippen molar-refractivity contribution in [2.45, 2.75) is 10.9 Å². The zero-order valence-electron chi connectivity index (χ0n) is 16.2. The molecule has 0 bridgehead atoms. The number of amides is 3. The van der Waals surface area contributed by atoms with Gasteiger partial charge < -0.3 is 10.6 Å². The van der Waals surface area contributed by atoms with Crippen molar-refractivity contribution in [1.82, 2.24) is 5.32 Å². The minimum absolute atomic E-state index is 0.287. The molecule has 3 aromatic carbocycles. The third-order valence-electron chi connectivity index (χ3n) is 5.40. The molecule has 3 aromatic rings. The Kier molecular flexibility index (Phi) is 5.08. The second-order valence-corrected chi connectivity index (χ2v) is 8.78. The van der Waals surface area contributed by atoms with E-state index in [2.05, 4.69) is 10.6 Å². The largest absolute Gasteiger partial charge is 0.341 e. The van der Waals surface area contributed by atoms with Crippen LogP contribution in [0.4, 0.5) is 20.6 Å². The lowest BCUT2D eigenvalue weighted by molar-refractivity contribution is 0.0960. The van der Waals surface area contributed by atoms with E-state index in [0.29, 0.717) is 33.9 Å². The lowest BCUT2D eigenvalue weighted by Crippen LogP contribution is -2.39.